The minimum absolute atomic E-state index is 0.0675. The van der Waals surface area contributed by atoms with Gasteiger partial charge < -0.3 is 19.7 Å². The zero-order valence-corrected chi connectivity index (χ0v) is 15.4. The Morgan fingerprint density at radius 3 is 1.50 bits per heavy atom. The van der Waals surface area contributed by atoms with Crippen molar-refractivity contribution in [2.45, 2.75) is 0 Å². The van der Waals surface area contributed by atoms with E-state index in [0.717, 1.165) is 0 Å². The molecule has 1 heterocycles. The summed E-state index contributed by atoms with van der Waals surface area (Å²) < 4.78 is 10.2. The number of aromatic hydroxyl groups is 2. The molecule has 0 saturated heterocycles. The van der Waals surface area contributed by atoms with E-state index in [9.17, 15) is 10.2 Å². The molecule has 138 valence electrons. The Morgan fingerprint density at radius 1 is 0.643 bits per heavy atom. The Labute approximate surface area is 163 Å². The Kier molecular flexibility index (Phi) is 5.69. The van der Waals surface area contributed by atoms with Crippen LogP contribution in [0.15, 0.2) is 54.9 Å². The number of hydrogen-bond acceptors (Lipinski definition) is 5. The van der Waals surface area contributed by atoms with Crippen LogP contribution in [0.1, 0.15) is 22.3 Å². The van der Waals surface area contributed by atoms with Gasteiger partial charge in [-0.2, -0.15) is 0 Å². The topological polar surface area (TPSA) is 71.8 Å². The van der Waals surface area contributed by atoms with Crippen molar-refractivity contribution in [3.8, 4) is 46.7 Å². The monoisotopic (exact) mass is 371 g/mol. The molecule has 1 aromatic heterocycles. The van der Waals surface area contributed by atoms with Crippen molar-refractivity contribution >= 4 is 0 Å². The van der Waals surface area contributed by atoms with Gasteiger partial charge in [0.25, 0.3) is 0 Å². The van der Waals surface area contributed by atoms with Gasteiger partial charge in [0.15, 0.2) is 23.0 Å². The Morgan fingerprint density at radius 2 is 1.07 bits per heavy atom. The molecule has 28 heavy (non-hydrogen) atoms. The molecule has 2 aromatic carbocycles. The summed E-state index contributed by atoms with van der Waals surface area (Å²) in [6.45, 7) is 0. The molecule has 0 saturated carbocycles. The summed E-state index contributed by atoms with van der Waals surface area (Å²) in [6.07, 6.45) is 3.30. The number of rotatable bonds is 2. The van der Waals surface area contributed by atoms with Crippen LogP contribution in [0.2, 0.25) is 0 Å². The summed E-state index contributed by atoms with van der Waals surface area (Å²) in [5.74, 6) is 12.9. The number of phenols is 2. The van der Waals surface area contributed by atoms with Crippen molar-refractivity contribution in [3.63, 3.8) is 0 Å². The first-order valence-corrected chi connectivity index (χ1v) is 8.32. The van der Waals surface area contributed by atoms with Crippen molar-refractivity contribution in [1.29, 1.82) is 0 Å². The molecule has 0 bridgehead atoms. The molecule has 0 unspecified atom stereocenters. The maximum Gasteiger partial charge on any atom is 0.161 e. The molecule has 0 fully saturated rings. The average molecular weight is 371 g/mol. The molecule has 0 amide bonds. The van der Waals surface area contributed by atoms with Crippen LogP contribution in [0.4, 0.5) is 0 Å². The highest BCUT2D eigenvalue weighted by atomic mass is 16.5. The van der Waals surface area contributed by atoms with E-state index in [2.05, 4.69) is 28.7 Å². The Balaban J connectivity index is 1.83. The van der Waals surface area contributed by atoms with Gasteiger partial charge in [0, 0.05) is 34.6 Å². The highest BCUT2D eigenvalue weighted by Gasteiger charge is 2.01. The molecule has 5 heteroatoms. The number of benzene rings is 2. The largest absolute Gasteiger partial charge is 0.504 e. The number of hydrogen-bond donors (Lipinski definition) is 2. The summed E-state index contributed by atoms with van der Waals surface area (Å²) in [7, 11) is 2.98. The second kappa shape index (κ2) is 8.53. The van der Waals surface area contributed by atoms with Crippen molar-refractivity contribution in [3.05, 3.63) is 77.1 Å². The summed E-state index contributed by atoms with van der Waals surface area (Å²) in [5, 5.41) is 19.3. The molecule has 0 aliphatic carbocycles. The third-order valence-corrected chi connectivity index (χ3v) is 3.80. The fraction of sp³-hybridized carbons (Fsp3) is 0.0870. The average Bonchev–Trinajstić information content (AvgIpc) is 2.73. The van der Waals surface area contributed by atoms with Gasteiger partial charge in [-0.05, 0) is 42.5 Å². The van der Waals surface area contributed by atoms with E-state index in [-0.39, 0.29) is 11.5 Å². The molecule has 0 aliphatic rings. The summed E-state index contributed by atoms with van der Waals surface area (Å²) in [6, 6.07) is 11.7. The van der Waals surface area contributed by atoms with Crippen LogP contribution in [-0.4, -0.2) is 29.4 Å². The fourth-order valence-electron chi connectivity index (χ4n) is 2.38. The van der Waals surface area contributed by atoms with Gasteiger partial charge in [0.05, 0.1) is 14.2 Å². The molecule has 0 atom stereocenters. The molecular weight excluding hydrogens is 354 g/mol. The quantitative estimate of drug-likeness (QED) is 0.677. The lowest BCUT2D eigenvalue weighted by molar-refractivity contribution is 0.373. The third-order valence-electron chi connectivity index (χ3n) is 3.80. The van der Waals surface area contributed by atoms with Crippen LogP contribution >= 0.6 is 0 Å². The van der Waals surface area contributed by atoms with Crippen molar-refractivity contribution in [2.75, 3.05) is 14.2 Å². The lowest BCUT2D eigenvalue weighted by Crippen LogP contribution is -1.86. The van der Waals surface area contributed by atoms with E-state index >= 15 is 0 Å². The minimum atomic E-state index is 0.0675. The SMILES string of the molecule is COc1cc(C#Cc2cncc(C#Cc3ccc(O)c(OC)c3)c2)ccc1O. The highest BCUT2D eigenvalue weighted by molar-refractivity contribution is 5.52. The standard InChI is InChI=1S/C23H17NO4/c1-27-22-12-16(7-9-20(22)25)3-5-18-11-19(15-24-14-18)6-4-17-8-10-21(26)23(13-17)28-2/h7-15,25-26H,1-2H3. The number of aromatic nitrogens is 1. The normalized spacial score (nSPS) is 9.50. The van der Waals surface area contributed by atoms with E-state index in [1.807, 2.05) is 6.07 Å². The third kappa shape index (κ3) is 4.55. The first kappa shape index (κ1) is 18.7. The molecular formula is C23H17NO4. The fourth-order valence-corrected chi connectivity index (χ4v) is 2.38. The smallest absolute Gasteiger partial charge is 0.161 e. The van der Waals surface area contributed by atoms with E-state index in [0.29, 0.717) is 33.8 Å². The van der Waals surface area contributed by atoms with E-state index in [4.69, 9.17) is 9.47 Å². The van der Waals surface area contributed by atoms with Crippen molar-refractivity contribution in [2.24, 2.45) is 0 Å². The van der Waals surface area contributed by atoms with Crippen LogP contribution in [-0.2, 0) is 0 Å². The van der Waals surface area contributed by atoms with Crippen molar-refractivity contribution in [1.82, 2.24) is 4.98 Å². The van der Waals surface area contributed by atoms with Gasteiger partial charge in [0.1, 0.15) is 0 Å². The molecule has 0 spiro atoms. The number of ether oxygens (including phenoxy) is 2. The zero-order chi connectivity index (χ0) is 19.9. The molecule has 5 nitrogen and oxygen atoms in total. The molecule has 3 rings (SSSR count). The number of pyridine rings is 1. The number of phenolic OH excluding ortho intramolecular Hbond substituents is 2. The predicted molar refractivity (Wildman–Crippen MR) is 106 cm³/mol. The Hall–Kier alpha value is -4.09. The van der Waals surface area contributed by atoms with Crippen LogP contribution in [0, 0.1) is 23.7 Å². The zero-order valence-electron chi connectivity index (χ0n) is 15.4. The summed E-state index contributed by atoms with van der Waals surface area (Å²) >= 11 is 0. The van der Waals surface area contributed by atoms with Gasteiger partial charge in [-0.1, -0.05) is 23.7 Å². The van der Waals surface area contributed by atoms with Gasteiger partial charge >= 0.3 is 0 Å². The van der Waals surface area contributed by atoms with E-state index < -0.39 is 0 Å². The van der Waals surface area contributed by atoms with Gasteiger partial charge in [0.2, 0.25) is 0 Å². The van der Waals surface area contributed by atoms with Gasteiger partial charge in [-0.15, -0.1) is 0 Å². The minimum Gasteiger partial charge on any atom is -0.504 e. The second-order valence-electron chi connectivity index (χ2n) is 5.74. The lowest BCUT2D eigenvalue weighted by Gasteiger charge is -2.02. The first-order valence-electron chi connectivity index (χ1n) is 8.32. The van der Waals surface area contributed by atoms with Crippen LogP contribution in [0.5, 0.6) is 23.0 Å². The van der Waals surface area contributed by atoms with E-state index in [1.165, 1.54) is 26.4 Å². The van der Waals surface area contributed by atoms with Crippen LogP contribution < -0.4 is 9.47 Å². The van der Waals surface area contributed by atoms with Gasteiger partial charge in [-0.3, -0.25) is 4.98 Å². The highest BCUT2D eigenvalue weighted by Crippen LogP contribution is 2.26. The number of nitrogens with zero attached hydrogens (tertiary/aromatic N) is 1. The van der Waals surface area contributed by atoms with Crippen LogP contribution in [0.25, 0.3) is 0 Å². The van der Waals surface area contributed by atoms with Crippen LogP contribution in [0.3, 0.4) is 0 Å². The van der Waals surface area contributed by atoms with Gasteiger partial charge in [-0.25, -0.2) is 0 Å². The predicted octanol–water partition coefficient (Wildman–Crippen LogP) is 3.31. The number of methoxy groups -OCH3 is 2. The Bertz CT molecular complexity index is 1040. The summed E-state index contributed by atoms with van der Waals surface area (Å²) in [4.78, 5) is 4.17. The maximum atomic E-state index is 9.64. The molecule has 0 radical (unpaired) electrons. The first-order chi connectivity index (χ1) is 13.6. The lowest BCUT2D eigenvalue weighted by atomic mass is 10.1. The maximum absolute atomic E-state index is 9.64. The molecule has 2 N–H and O–H groups in total. The van der Waals surface area contributed by atoms with E-state index in [1.54, 1.807) is 36.7 Å². The summed E-state index contributed by atoms with van der Waals surface area (Å²) in [5.41, 5.74) is 2.84. The molecule has 0 aliphatic heterocycles. The second-order valence-corrected chi connectivity index (χ2v) is 5.74. The molecule has 3 aromatic rings. The van der Waals surface area contributed by atoms with Crippen molar-refractivity contribution < 1.29 is 19.7 Å².